The highest BCUT2D eigenvalue weighted by Crippen LogP contribution is 2.34. The van der Waals surface area contributed by atoms with Crippen LogP contribution in [0.15, 0.2) is 30.7 Å². The highest BCUT2D eigenvalue weighted by Gasteiger charge is 2.39. The number of hydrogen-bond acceptors (Lipinski definition) is 7. The Morgan fingerprint density at radius 3 is 2.73 bits per heavy atom. The van der Waals surface area contributed by atoms with Crippen molar-refractivity contribution in [3.8, 4) is 11.1 Å². The Balaban J connectivity index is 1.31. The lowest BCUT2D eigenvalue weighted by Gasteiger charge is -2.45. The molecule has 0 spiro atoms. The quantitative estimate of drug-likeness (QED) is 0.485. The standard InChI is InChI=1S/C24H30N8O/c1-15-28-22-20(32(15)18-5-8-33-9-6-18)10-16(13-26-22)19-4-7-31-21(19)14-27-23(30-31)29-17-11-24(2,12-17)25-3/h4,7,10,13-14,17-18,25H,5-6,8-9,11-12H2,1-3H3,(H,29,30). The third kappa shape index (κ3) is 3.55. The first-order valence-electron chi connectivity index (χ1n) is 11.8. The first-order valence-corrected chi connectivity index (χ1v) is 11.8. The van der Waals surface area contributed by atoms with E-state index >= 15 is 0 Å². The fraction of sp³-hybridized carbons (Fsp3) is 0.500. The molecule has 6 rings (SSSR count). The molecule has 2 N–H and O–H groups in total. The van der Waals surface area contributed by atoms with Crippen LogP contribution < -0.4 is 10.6 Å². The van der Waals surface area contributed by atoms with Gasteiger partial charge in [0.2, 0.25) is 5.95 Å². The van der Waals surface area contributed by atoms with Crippen LogP contribution in [0.3, 0.4) is 0 Å². The average molecular weight is 447 g/mol. The minimum atomic E-state index is 0.212. The third-order valence-corrected chi connectivity index (χ3v) is 7.34. The number of imidazole rings is 1. The summed E-state index contributed by atoms with van der Waals surface area (Å²) < 4.78 is 9.80. The van der Waals surface area contributed by atoms with E-state index in [0.717, 1.165) is 72.5 Å². The van der Waals surface area contributed by atoms with E-state index in [9.17, 15) is 0 Å². The molecule has 1 saturated carbocycles. The monoisotopic (exact) mass is 446 g/mol. The van der Waals surface area contributed by atoms with Gasteiger partial charge < -0.3 is 19.9 Å². The Morgan fingerprint density at radius 1 is 1.12 bits per heavy atom. The summed E-state index contributed by atoms with van der Waals surface area (Å²) in [4.78, 5) is 14.0. The molecule has 33 heavy (non-hydrogen) atoms. The van der Waals surface area contributed by atoms with Crippen LogP contribution in [0.4, 0.5) is 5.95 Å². The molecule has 1 aliphatic carbocycles. The molecule has 0 atom stereocenters. The number of ether oxygens (including phenoxy) is 1. The number of nitrogens with one attached hydrogen (secondary N) is 2. The lowest BCUT2D eigenvalue weighted by atomic mass is 9.74. The molecule has 4 aromatic heterocycles. The number of aryl methyl sites for hydroxylation is 1. The largest absolute Gasteiger partial charge is 0.381 e. The molecule has 1 saturated heterocycles. The topological polar surface area (TPSA) is 94.2 Å². The molecule has 2 fully saturated rings. The number of fused-ring (bicyclic) bond motifs is 2. The van der Waals surface area contributed by atoms with Crippen LogP contribution in [-0.2, 0) is 4.74 Å². The smallest absolute Gasteiger partial charge is 0.241 e. The van der Waals surface area contributed by atoms with Crippen molar-refractivity contribution in [3.63, 3.8) is 0 Å². The molecule has 1 aliphatic heterocycles. The maximum atomic E-state index is 5.57. The van der Waals surface area contributed by atoms with Crippen molar-refractivity contribution in [2.24, 2.45) is 0 Å². The van der Waals surface area contributed by atoms with Gasteiger partial charge in [-0.3, -0.25) is 0 Å². The maximum Gasteiger partial charge on any atom is 0.241 e. The number of hydrogen-bond donors (Lipinski definition) is 2. The van der Waals surface area contributed by atoms with Crippen LogP contribution in [-0.4, -0.2) is 61.0 Å². The molecule has 9 heteroatoms. The summed E-state index contributed by atoms with van der Waals surface area (Å²) in [5.74, 6) is 1.67. The van der Waals surface area contributed by atoms with E-state index in [0.29, 0.717) is 18.0 Å². The van der Waals surface area contributed by atoms with Crippen molar-refractivity contribution < 1.29 is 4.74 Å². The summed E-state index contributed by atoms with van der Waals surface area (Å²) in [6, 6.07) is 5.09. The predicted octanol–water partition coefficient (Wildman–Crippen LogP) is 3.35. The molecular formula is C24H30N8O. The molecule has 0 bridgehead atoms. The minimum Gasteiger partial charge on any atom is -0.381 e. The van der Waals surface area contributed by atoms with E-state index in [1.54, 1.807) is 0 Å². The van der Waals surface area contributed by atoms with Gasteiger partial charge in [0.05, 0.1) is 17.2 Å². The highest BCUT2D eigenvalue weighted by molar-refractivity contribution is 5.85. The summed E-state index contributed by atoms with van der Waals surface area (Å²) in [5.41, 5.74) is 5.16. The van der Waals surface area contributed by atoms with Crippen LogP contribution >= 0.6 is 0 Å². The zero-order valence-electron chi connectivity index (χ0n) is 19.4. The predicted molar refractivity (Wildman–Crippen MR) is 127 cm³/mol. The van der Waals surface area contributed by atoms with Crippen molar-refractivity contribution in [2.45, 2.75) is 57.2 Å². The molecule has 2 aliphatic rings. The van der Waals surface area contributed by atoms with Crippen LogP contribution in [0.25, 0.3) is 27.8 Å². The Hall–Kier alpha value is -3.04. The van der Waals surface area contributed by atoms with Gasteiger partial charge in [-0.25, -0.2) is 19.5 Å². The number of nitrogens with zero attached hydrogens (tertiary/aromatic N) is 6. The van der Waals surface area contributed by atoms with E-state index in [-0.39, 0.29) is 5.54 Å². The Morgan fingerprint density at radius 2 is 1.94 bits per heavy atom. The summed E-state index contributed by atoms with van der Waals surface area (Å²) in [6.07, 6.45) is 9.92. The molecule has 9 nitrogen and oxygen atoms in total. The summed E-state index contributed by atoms with van der Waals surface area (Å²) in [6.45, 7) is 5.90. The van der Waals surface area contributed by atoms with Gasteiger partial charge in [-0.1, -0.05) is 0 Å². The van der Waals surface area contributed by atoms with E-state index in [1.165, 1.54) is 0 Å². The van der Waals surface area contributed by atoms with E-state index in [2.05, 4.69) is 51.1 Å². The average Bonchev–Trinajstić information content (AvgIpc) is 3.37. The van der Waals surface area contributed by atoms with Gasteiger partial charge in [-0.2, -0.15) is 0 Å². The van der Waals surface area contributed by atoms with Gasteiger partial charge in [0.1, 0.15) is 5.82 Å². The van der Waals surface area contributed by atoms with E-state index in [4.69, 9.17) is 14.8 Å². The minimum absolute atomic E-state index is 0.212. The van der Waals surface area contributed by atoms with Gasteiger partial charge >= 0.3 is 0 Å². The Bertz CT molecular complexity index is 1310. The molecule has 0 amide bonds. The van der Waals surface area contributed by atoms with E-state index < -0.39 is 0 Å². The van der Waals surface area contributed by atoms with Crippen molar-refractivity contribution in [1.82, 2.24) is 34.4 Å². The number of pyridine rings is 1. The zero-order valence-corrected chi connectivity index (χ0v) is 19.4. The van der Waals surface area contributed by atoms with E-state index in [1.807, 2.05) is 30.2 Å². The molecule has 0 unspecified atom stereocenters. The second-order valence-electron chi connectivity index (χ2n) is 9.64. The van der Waals surface area contributed by atoms with Crippen molar-refractivity contribution in [3.05, 3.63) is 36.5 Å². The lowest BCUT2D eigenvalue weighted by Crippen LogP contribution is -2.56. The Labute approximate surface area is 192 Å². The normalized spacial score (nSPS) is 23.8. The lowest BCUT2D eigenvalue weighted by molar-refractivity contribution is 0.0701. The fourth-order valence-electron chi connectivity index (χ4n) is 5.37. The highest BCUT2D eigenvalue weighted by atomic mass is 16.5. The van der Waals surface area contributed by atoms with Crippen LogP contribution in [0, 0.1) is 6.92 Å². The molecular weight excluding hydrogens is 416 g/mol. The van der Waals surface area contributed by atoms with Gasteiger partial charge in [0.25, 0.3) is 0 Å². The molecule has 5 heterocycles. The van der Waals surface area contributed by atoms with Crippen molar-refractivity contribution in [1.29, 1.82) is 0 Å². The molecule has 172 valence electrons. The number of aromatic nitrogens is 6. The third-order valence-electron chi connectivity index (χ3n) is 7.34. The fourth-order valence-corrected chi connectivity index (χ4v) is 5.37. The van der Waals surface area contributed by atoms with Gasteiger partial charge in [-0.05, 0) is 58.7 Å². The van der Waals surface area contributed by atoms with Crippen LogP contribution in [0.5, 0.6) is 0 Å². The first kappa shape index (κ1) is 20.6. The van der Waals surface area contributed by atoms with Gasteiger partial charge in [0.15, 0.2) is 5.65 Å². The van der Waals surface area contributed by atoms with Gasteiger partial charge in [0, 0.05) is 54.4 Å². The van der Waals surface area contributed by atoms with Crippen LogP contribution in [0.1, 0.15) is 44.5 Å². The SMILES string of the molecule is CNC1(C)CC(Nc2ncc3c(-c4cnc5nc(C)n(C6CCOCC6)c5c4)ccn3n2)C1. The van der Waals surface area contributed by atoms with Crippen molar-refractivity contribution >= 4 is 22.6 Å². The van der Waals surface area contributed by atoms with Crippen LogP contribution in [0.2, 0.25) is 0 Å². The maximum absolute atomic E-state index is 5.57. The molecule has 0 radical (unpaired) electrons. The molecule has 0 aromatic carbocycles. The van der Waals surface area contributed by atoms with Crippen molar-refractivity contribution in [2.75, 3.05) is 25.6 Å². The summed E-state index contributed by atoms with van der Waals surface area (Å²) in [5, 5.41) is 11.5. The molecule has 4 aromatic rings. The number of rotatable bonds is 5. The second kappa shape index (κ2) is 7.78. The summed E-state index contributed by atoms with van der Waals surface area (Å²) >= 11 is 0. The zero-order chi connectivity index (χ0) is 22.6. The summed E-state index contributed by atoms with van der Waals surface area (Å²) in [7, 11) is 2.02. The van der Waals surface area contributed by atoms with Gasteiger partial charge in [-0.15, -0.1) is 5.10 Å². The first-order chi connectivity index (χ1) is 16.0. The second-order valence-corrected chi connectivity index (χ2v) is 9.64. The number of anilines is 1. The Kier molecular flexibility index (Phi) is 4.84.